The van der Waals surface area contributed by atoms with Gasteiger partial charge in [-0.05, 0) is 66.9 Å². The van der Waals surface area contributed by atoms with Gasteiger partial charge in [0.05, 0.1) is 11.5 Å². The Morgan fingerprint density at radius 1 is 1.08 bits per heavy atom. The van der Waals surface area contributed by atoms with Crippen LogP contribution in [0.15, 0.2) is 71.6 Å². The van der Waals surface area contributed by atoms with Crippen molar-refractivity contribution in [3.05, 3.63) is 77.9 Å². The van der Waals surface area contributed by atoms with Crippen LogP contribution in [0, 0.1) is 0 Å². The van der Waals surface area contributed by atoms with Gasteiger partial charge in [-0.2, -0.15) is 0 Å². The molecular formula is C30H32N2O4S. The maximum absolute atomic E-state index is 12.4. The minimum atomic E-state index is -3.34. The molecular weight excluding hydrogens is 484 g/mol. The zero-order chi connectivity index (χ0) is 25.8. The fourth-order valence-corrected chi connectivity index (χ4v) is 6.79. The topological polar surface area (TPSA) is 71.6 Å². The first-order valence-corrected chi connectivity index (χ1v) is 14.7. The quantitative estimate of drug-likeness (QED) is 0.321. The van der Waals surface area contributed by atoms with Gasteiger partial charge in [-0.15, -0.1) is 0 Å². The van der Waals surface area contributed by atoms with Crippen molar-refractivity contribution < 1.29 is 17.9 Å². The van der Waals surface area contributed by atoms with E-state index in [2.05, 4.69) is 65.4 Å². The second-order valence-electron chi connectivity index (χ2n) is 10.2. The lowest BCUT2D eigenvalue weighted by Crippen LogP contribution is -2.53. The molecule has 4 aromatic rings. The molecule has 3 aromatic carbocycles. The molecule has 1 fully saturated rings. The number of benzene rings is 3. The second kappa shape index (κ2) is 8.72. The fraction of sp³-hybridized carbons (Fsp3) is 0.333. The monoisotopic (exact) mass is 516 g/mol. The normalized spacial score (nSPS) is 23.4. The van der Waals surface area contributed by atoms with Crippen molar-refractivity contribution in [2.45, 2.75) is 36.3 Å². The molecule has 0 bridgehead atoms. The lowest BCUT2D eigenvalue weighted by molar-refractivity contribution is -0.0202. The maximum Gasteiger partial charge on any atom is 0.175 e. The molecule has 2 aliphatic heterocycles. The highest BCUT2D eigenvalue weighted by molar-refractivity contribution is 7.90. The molecule has 37 heavy (non-hydrogen) atoms. The van der Waals surface area contributed by atoms with Gasteiger partial charge in [-0.3, -0.25) is 0 Å². The predicted molar refractivity (Wildman–Crippen MR) is 149 cm³/mol. The predicted octanol–water partition coefficient (Wildman–Crippen LogP) is 5.67. The third-order valence-corrected chi connectivity index (χ3v) is 9.20. The first-order chi connectivity index (χ1) is 17.8. The Labute approximate surface area is 217 Å². The van der Waals surface area contributed by atoms with Crippen LogP contribution in [0.25, 0.3) is 27.9 Å². The standard InChI is InChI=1S/C30H32N2O4S/c1-4-35-17-15-29(2)25-20-22(37(3,33)34)10-12-28(25)32-16-18-36-30(29,32)14-13-21-9-11-27-24(19-21)23-7-5-6-8-26(23)31-27/h5-14,19-20,31H,4,15-18H2,1-3H3/b14-13+. The molecule has 1 N–H and O–H groups in total. The minimum Gasteiger partial charge on any atom is -0.382 e. The number of aromatic amines is 1. The molecule has 0 spiro atoms. The lowest BCUT2D eigenvalue weighted by atomic mass is 9.73. The van der Waals surface area contributed by atoms with Gasteiger partial charge in [0.15, 0.2) is 15.6 Å². The molecule has 192 valence electrons. The van der Waals surface area contributed by atoms with Crippen LogP contribution in [0.1, 0.15) is 31.4 Å². The number of hydrogen-bond donors (Lipinski definition) is 1. The van der Waals surface area contributed by atoms with E-state index < -0.39 is 21.0 Å². The number of ether oxygens (including phenoxy) is 2. The number of sulfone groups is 1. The molecule has 1 saturated heterocycles. The average Bonchev–Trinajstić information content (AvgIpc) is 3.53. The van der Waals surface area contributed by atoms with E-state index in [1.807, 2.05) is 25.1 Å². The van der Waals surface area contributed by atoms with Gasteiger partial charge in [0.1, 0.15) is 0 Å². The van der Waals surface area contributed by atoms with Gasteiger partial charge in [-0.1, -0.05) is 37.3 Å². The third-order valence-electron chi connectivity index (χ3n) is 8.09. The number of hydrogen-bond acceptors (Lipinski definition) is 5. The Morgan fingerprint density at radius 3 is 2.70 bits per heavy atom. The van der Waals surface area contributed by atoms with Crippen molar-refractivity contribution in [1.82, 2.24) is 4.98 Å². The molecule has 7 heteroatoms. The van der Waals surface area contributed by atoms with Gasteiger partial charge in [-0.25, -0.2) is 8.42 Å². The van der Waals surface area contributed by atoms with E-state index in [-0.39, 0.29) is 0 Å². The number of anilines is 1. The van der Waals surface area contributed by atoms with Crippen LogP contribution < -0.4 is 4.90 Å². The van der Waals surface area contributed by atoms with Crippen LogP contribution in [-0.4, -0.2) is 51.7 Å². The van der Waals surface area contributed by atoms with Crippen LogP contribution in [-0.2, 0) is 24.7 Å². The van der Waals surface area contributed by atoms with Crippen molar-refractivity contribution in [1.29, 1.82) is 0 Å². The van der Waals surface area contributed by atoms with Crippen molar-refractivity contribution in [2.24, 2.45) is 0 Å². The largest absolute Gasteiger partial charge is 0.382 e. The molecule has 2 aliphatic rings. The zero-order valence-corrected chi connectivity index (χ0v) is 22.3. The van der Waals surface area contributed by atoms with Crippen LogP contribution in [0.2, 0.25) is 0 Å². The van der Waals surface area contributed by atoms with Crippen LogP contribution >= 0.6 is 0 Å². The molecule has 3 heterocycles. The summed E-state index contributed by atoms with van der Waals surface area (Å²) in [6.07, 6.45) is 6.27. The Bertz CT molecular complexity index is 1640. The highest BCUT2D eigenvalue weighted by Crippen LogP contribution is 2.57. The van der Waals surface area contributed by atoms with Crippen molar-refractivity contribution >= 4 is 43.4 Å². The number of H-pyrrole nitrogens is 1. The number of aromatic nitrogens is 1. The van der Waals surface area contributed by atoms with Crippen molar-refractivity contribution in [2.75, 3.05) is 37.5 Å². The first kappa shape index (κ1) is 24.2. The van der Waals surface area contributed by atoms with Gasteiger partial charge in [0.2, 0.25) is 0 Å². The third kappa shape index (κ3) is 3.71. The summed E-state index contributed by atoms with van der Waals surface area (Å²) in [5.41, 5.74) is 4.10. The molecule has 0 amide bonds. The van der Waals surface area contributed by atoms with E-state index in [0.29, 0.717) is 31.1 Å². The molecule has 2 atom stereocenters. The SMILES string of the molecule is CCOCCC1(C)c2cc(S(C)(=O)=O)ccc2N2CCOC21/C=C/c1ccc2[nH]c3ccccc3c2c1. The van der Waals surface area contributed by atoms with E-state index in [1.165, 1.54) is 17.0 Å². The summed E-state index contributed by atoms with van der Waals surface area (Å²) in [4.78, 5) is 6.11. The summed E-state index contributed by atoms with van der Waals surface area (Å²) in [6.45, 7) is 6.69. The fourth-order valence-electron chi connectivity index (χ4n) is 6.14. The summed E-state index contributed by atoms with van der Waals surface area (Å²) in [5.74, 6) is 0. The van der Waals surface area contributed by atoms with E-state index in [1.54, 1.807) is 6.07 Å². The van der Waals surface area contributed by atoms with E-state index in [4.69, 9.17) is 9.47 Å². The van der Waals surface area contributed by atoms with Gasteiger partial charge in [0.25, 0.3) is 0 Å². The summed E-state index contributed by atoms with van der Waals surface area (Å²) in [5, 5.41) is 2.39. The molecule has 6 rings (SSSR count). The highest BCUT2D eigenvalue weighted by Gasteiger charge is 2.61. The van der Waals surface area contributed by atoms with Crippen LogP contribution in [0.3, 0.4) is 0 Å². The summed E-state index contributed by atoms with van der Waals surface area (Å²) in [6, 6.07) is 20.3. The van der Waals surface area contributed by atoms with Gasteiger partial charge >= 0.3 is 0 Å². The van der Waals surface area contributed by atoms with Crippen LogP contribution in [0.4, 0.5) is 5.69 Å². The Morgan fingerprint density at radius 2 is 1.89 bits per heavy atom. The zero-order valence-electron chi connectivity index (χ0n) is 21.5. The average molecular weight is 517 g/mol. The van der Waals surface area contributed by atoms with Crippen molar-refractivity contribution in [3.63, 3.8) is 0 Å². The number of para-hydroxylation sites is 1. The van der Waals surface area contributed by atoms with Crippen LogP contribution in [0.5, 0.6) is 0 Å². The summed E-state index contributed by atoms with van der Waals surface area (Å²) < 4.78 is 37.3. The Hall–Kier alpha value is -3.13. The highest BCUT2D eigenvalue weighted by atomic mass is 32.2. The molecule has 1 aromatic heterocycles. The minimum absolute atomic E-state index is 0.332. The number of nitrogens with zero attached hydrogens (tertiary/aromatic N) is 1. The van der Waals surface area contributed by atoms with E-state index in [9.17, 15) is 8.42 Å². The van der Waals surface area contributed by atoms with Gasteiger partial charge in [0, 0.05) is 58.9 Å². The molecule has 2 unspecified atom stereocenters. The summed E-state index contributed by atoms with van der Waals surface area (Å²) >= 11 is 0. The van der Waals surface area contributed by atoms with Gasteiger partial charge < -0.3 is 19.4 Å². The second-order valence-corrected chi connectivity index (χ2v) is 12.3. The number of fused-ring (bicyclic) bond motifs is 6. The molecule has 0 aliphatic carbocycles. The number of nitrogens with one attached hydrogen (secondary N) is 1. The molecule has 0 saturated carbocycles. The number of rotatable bonds is 7. The van der Waals surface area contributed by atoms with Crippen molar-refractivity contribution in [3.8, 4) is 0 Å². The van der Waals surface area contributed by atoms with E-state index >= 15 is 0 Å². The maximum atomic E-state index is 12.4. The summed E-state index contributed by atoms with van der Waals surface area (Å²) in [7, 11) is -3.34. The molecule has 0 radical (unpaired) electrons. The Balaban J connectivity index is 1.47. The van der Waals surface area contributed by atoms with E-state index in [0.717, 1.165) is 34.4 Å². The first-order valence-electron chi connectivity index (χ1n) is 12.8. The lowest BCUT2D eigenvalue weighted by Gasteiger charge is -2.42. The Kier molecular flexibility index (Phi) is 5.71. The molecule has 6 nitrogen and oxygen atoms in total. The smallest absolute Gasteiger partial charge is 0.175 e.